The van der Waals surface area contributed by atoms with E-state index in [-0.39, 0.29) is 5.91 Å². The Hall–Kier alpha value is -3.16. The maximum Gasteiger partial charge on any atom is 0.271 e. The molecular weight excluding hydrogens is 572 g/mol. The van der Waals surface area contributed by atoms with Crippen LogP contribution in [0, 0.1) is 6.92 Å². The lowest BCUT2D eigenvalue weighted by atomic mass is 10.0. The van der Waals surface area contributed by atoms with E-state index in [1.54, 1.807) is 19.2 Å². The second kappa shape index (κ2) is 11.1. The summed E-state index contributed by atoms with van der Waals surface area (Å²) in [6.45, 7) is 4.27. The van der Waals surface area contributed by atoms with E-state index in [0.717, 1.165) is 53.6 Å². The number of hydrazone groups is 1. The lowest BCUT2D eigenvalue weighted by Crippen LogP contribution is -2.19. The Morgan fingerprint density at radius 2 is 1.51 bits per heavy atom. The number of methoxy groups -OCH3 is 1. The topological polar surface area (TPSA) is 59.9 Å². The summed E-state index contributed by atoms with van der Waals surface area (Å²) in [4.78, 5) is 12.6. The Morgan fingerprint density at radius 3 is 2.20 bits per heavy atom. The molecule has 178 valence electrons. The van der Waals surface area contributed by atoms with Gasteiger partial charge in [0.15, 0.2) is 0 Å². The van der Waals surface area contributed by atoms with E-state index in [1.807, 2.05) is 74.5 Å². The fourth-order valence-electron chi connectivity index (χ4n) is 3.57. The number of carbonyl (C=O) groups is 1. The highest BCUT2D eigenvalue weighted by Gasteiger charge is 2.10. The smallest absolute Gasteiger partial charge is 0.271 e. The summed E-state index contributed by atoms with van der Waals surface area (Å²) >= 11 is 7.08. The van der Waals surface area contributed by atoms with Gasteiger partial charge in [-0.1, -0.05) is 30.3 Å². The lowest BCUT2D eigenvalue weighted by Gasteiger charge is -2.11. The van der Waals surface area contributed by atoms with Crippen molar-refractivity contribution in [2.75, 3.05) is 7.11 Å². The molecule has 0 spiro atoms. The Morgan fingerprint density at radius 1 is 0.886 bits per heavy atom. The molecule has 1 N–H and O–H groups in total. The summed E-state index contributed by atoms with van der Waals surface area (Å²) in [6.07, 6.45) is 0. The second-order valence-corrected chi connectivity index (χ2v) is 9.82. The minimum Gasteiger partial charge on any atom is -0.497 e. The van der Waals surface area contributed by atoms with E-state index in [9.17, 15) is 4.79 Å². The maximum atomic E-state index is 12.6. The number of nitrogens with one attached hydrogen (secondary N) is 1. The molecule has 0 saturated heterocycles. The minimum absolute atomic E-state index is 0.272. The van der Waals surface area contributed by atoms with E-state index in [0.29, 0.717) is 12.2 Å². The van der Waals surface area contributed by atoms with Gasteiger partial charge < -0.3 is 9.47 Å². The number of carbonyl (C=O) groups excluding carboxylic acids is 1. The summed E-state index contributed by atoms with van der Waals surface area (Å²) in [7, 11) is 1.65. The highest BCUT2D eigenvalue weighted by molar-refractivity contribution is 9.11. The molecule has 4 aromatic rings. The Bertz CT molecular complexity index is 1390. The molecule has 1 amide bonds. The van der Waals surface area contributed by atoms with E-state index in [1.165, 1.54) is 0 Å². The molecule has 7 heteroatoms. The molecule has 0 atom stereocenters. The van der Waals surface area contributed by atoms with Crippen LogP contribution in [0.15, 0.2) is 86.8 Å². The highest BCUT2D eigenvalue weighted by atomic mass is 79.9. The van der Waals surface area contributed by atoms with Crippen molar-refractivity contribution < 1.29 is 14.3 Å². The number of aryl methyl sites for hydroxylation is 1. The van der Waals surface area contributed by atoms with Crippen LogP contribution >= 0.6 is 31.9 Å². The molecule has 4 rings (SSSR count). The van der Waals surface area contributed by atoms with Gasteiger partial charge in [0.2, 0.25) is 0 Å². The first-order chi connectivity index (χ1) is 16.8. The molecule has 0 radical (unpaired) electrons. The normalized spacial score (nSPS) is 11.4. The number of fused-ring (bicyclic) bond motifs is 1. The van der Waals surface area contributed by atoms with Crippen molar-refractivity contribution in [1.82, 2.24) is 5.43 Å². The summed E-state index contributed by atoms with van der Waals surface area (Å²) in [5.41, 5.74) is 6.90. The zero-order chi connectivity index (χ0) is 24.9. The Labute approximate surface area is 221 Å². The number of amides is 1. The fourth-order valence-corrected chi connectivity index (χ4v) is 5.22. The number of halogens is 2. The predicted molar refractivity (Wildman–Crippen MR) is 148 cm³/mol. The van der Waals surface area contributed by atoms with Crippen molar-refractivity contribution in [2.45, 2.75) is 20.5 Å². The largest absolute Gasteiger partial charge is 0.497 e. The Kier molecular flexibility index (Phi) is 7.88. The van der Waals surface area contributed by atoms with Crippen LogP contribution in [0.2, 0.25) is 0 Å². The number of hydrogen-bond acceptors (Lipinski definition) is 4. The molecule has 0 aliphatic heterocycles. The monoisotopic (exact) mass is 594 g/mol. The molecule has 0 aliphatic carbocycles. The van der Waals surface area contributed by atoms with Crippen molar-refractivity contribution in [1.29, 1.82) is 0 Å². The second-order valence-electron chi connectivity index (χ2n) is 8.11. The van der Waals surface area contributed by atoms with Gasteiger partial charge in [-0.2, -0.15) is 5.10 Å². The zero-order valence-electron chi connectivity index (χ0n) is 19.6. The van der Waals surface area contributed by atoms with Gasteiger partial charge in [0, 0.05) is 5.56 Å². The Balaban J connectivity index is 1.38. The highest BCUT2D eigenvalue weighted by Crippen LogP contribution is 2.35. The molecular formula is C28H24Br2N2O3. The number of benzene rings is 4. The summed E-state index contributed by atoms with van der Waals surface area (Å²) in [5, 5.41) is 6.45. The molecule has 0 heterocycles. The molecule has 0 aromatic heterocycles. The van der Waals surface area contributed by atoms with Crippen molar-refractivity contribution >= 4 is 54.3 Å². The third-order valence-corrected chi connectivity index (χ3v) is 6.71. The number of ether oxygens (including phenoxy) is 2. The number of hydrogen-bond donors (Lipinski definition) is 1. The number of rotatable bonds is 7. The maximum absolute atomic E-state index is 12.6. The molecule has 0 saturated carbocycles. The van der Waals surface area contributed by atoms with Gasteiger partial charge >= 0.3 is 0 Å². The van der Waals surface area contributed by atoms with Crippen molar-refractivity contribution in [3.05, 3.63) is 104 Å². The summed E-state index contributed by atoms with van der Waals surface area (Å²) in [5.74, 6) is 1.29. The standard InChI is InChI=1S/C28H24Br2N2O3/c1-17-12-25(29)27(26(30)13-17)35-16-19-4-6-20(7-5-19)28(33)32-31-18(2)21-8-9-23-15-24(34-3)11-10-22(23)14-21/h4-15H,16H2,1-3H3,(H,32,33)/b31-18-. The predicted octanol–water partition coefficient (Wildman–Crippen LogP) is 7.41. The van der Waals surface area contributed by atoms with E-state index in [4.69, 9.17) is 9.47 Å². The third-order valence-electron chi connectivity index (χ3n) is 5.53. The summed E-state index contributed by atoms with van der Waals surface area (Å²) < 4.78 is 13.0. The van der Waals surface area contributed by atoms with Crippen LogP contribution in [0.5, 0.6) is 11.5 Å². The van der Waals surface area contributed by atoms with Crippen LogP contribution in [0.3, 0.4) is 0 Å². The molecule has 0 aliphatic rings. The van der Waals surface area contributed by atoms with Crippen LogP contribution in [0.4, 0.5) is 0 Å². The first kappa shape index (κ1) is 24.9. The van der Waals surface area contributed by atoms with Gasteiger partial charge in [-0.05, 0) is 116 Å². The SMILES string of the molecule is COc1ccc2cc(/C(C)=N\NC(=O)c3ccc(COc4c(Br)cc(C)cc4Br)cc3)ccc2c1. The lowest BCUT2D eigenvalue weighted by molar-refractivity contribution is 0.0955. The molecule has 0 unspecified atom stereocenters. The first-order valence-electron chi connectivity index (χ1n) is 10.9. The zero-order valence-corrected chi connectivity index (χ0v) is 22.7. The molecule has 0 bridgehead atoms. The van der Waals surface area contributed by atoms with Gasteiger partial charge in [0.1, 0.15) is 18.1 Å². The minimum atomic E-state index is -0.272. The third kappa shape index (κ3) is 6.10. The van der Waals surface area contributed by atoms with Crippen LogP contribution in [0.25, 0.3) is 10.8 Å². The molecule has 5 nitrogen and oxygen atoms in total. The van der Waals surface area contributed by atoms with Crippen LogP contribution in [-0.4, -0.2) is 18.7 Å². The first-order valence-corrected chi connectivity index (χ1v) is 12.5. The molecule has 35 heavy (non-hydrogen) atoms. The fraction of sp³-hybridized carbons (Fsp3) is 0.143. The van der Waals surface area contributed by atoms with Crippen LogP contribution in [0.1, 0.15) is 34.0 Å². The molecule has 4 aromatic carbocycles. The van der Waals surface area contributed by atoms with Crippen LogP contribution < -0.4 is 14.9 Å². The van der Waals surface area contributed by atoms with Crippen molar-refractivity contribution in [2.24, 2.45) is 5.10 Å². The van der Waals surface area contributed by atoms with Gasteiger partial charge in [0.25, 0.3) is 5.91 Å². The number of nitrogens with zero attached hydrogens (tertiary/aromatic N) is 1. The molecule has 0 fully saturated rings. The average molecular weight is 596 g/mol. The average Bonchev–Trinajstić information content (AvgIpc) is 2.86. The van der Waals surface area contributed by atoms with Crippen LogP contribution in [-0.2, 0) is 6.61 Å². The van der Waals surface area contributed by atoms with E-state index in [2.05, 4.69) is 42.4 Å². The van der Waals surface area contributed by atoms with Gasteiger partial charge in [-0.25, -0.2) is 5.43 Å². The van der Waals surface area contributed by atoms with Crippen molar-refractivity contribution in [3.8, 4) is 11.5 Å². The van der Waals surface area contributed by atoms with Gasteiger partial charge in [0.05, 0.1) is 21.8 Å². The summed E-state index contributed by atoms with van der Waals surface area (Å²) in [6, 6.07) is 23.2. The van der Waals surface area contributed by atoms with Gasteiger partial charge in [-0.15, -0.1) is 0 Å². The van der Waals surface area contributed by atoms with E-state index >= 15 is 0 Å². The van der Waals surface area contributed by atoms with Crippen molar-refractivity contribution in [3.63, 3.8) is 0 Å². The van der Waals surface area contributed by atoms with E-state index < -0.39 is 0 Å². The van der Waals surface area contributed by atoms with Gasteiger partial charge in [-0.3, -0.25) is 4.79 Å². The quantitative estimate of drug-likeness (QED) is 0.179.